The van der Waals surface area contributed by atoms with Crippen molar-refractivity contribution in [1.82, 2.24) is 10.6 Å². The summed E-state index contributed by atoms with van der Waals surface area (Å²) >= 11 is 3.22. The van der Waals surface area contributed by atoms with Gasteiger partial charge in [0.15, 0.2) is 0 Å². The summed E-state index contributed by atoms with van der Waals surface area (Å²) < 4.78 is 0.617. The summed E-state index contributed by atoms with van der Waals surface area (Å²) in [5.74, 6) is -2.11. The van der Waals surface area contributed by atoms with Crippen molar-refractivity contribution in [2.75, 3.05) is 6.54 Å². The van der Waals surface area contributed by atoms with E-state index >= 15 is 0 Å². The molecule has 0 spiro atoms. The Bertz CT molecular complexity index is 504. The fourth-order valence-electron chi connectivity index (χ4n) is 1.26. The Morgan fingerprint density at radius 1 is 1.32 bits per heavy atom. The van der Waals surface area contributed by atoms with Gasteiger partial charge in [0.05, 0.1) is 12.1 Å². The predicted octanol–water partition coefficient (Wildman–Crippen LogP) is 0.768. The number of hydrogen-bond acceptors (Lipinski definition) is 3. The first-order valence-corrected chi connectivity index (χ1v) is 6.26. The Hall–Kier alpha value is -1.89. The summed E-state index contributed by atoms with van der Waals surface area (Å²) in [4.78, 5) is 33.7. The SMILES string of the molecule is C[C@@H](NC(=O)CNC(=O)c1ccccc1Br)C(=O)O. The first kappa shape index (κ1) is 15.2. The molecule has 0 saturated carbocycles. The lowest BCUT2D eigenvalue weighted by atomic mass is 10.2. The van der Waals surface area contributed by atoms with Crippen LogP contribution in [-0.4, -0.2) is 35.5 Å². The molecular weight excluding hydrogens is 316 g/mol. The van der Waals surface area contributed by atoms with Crippen molar-refractivity contribution in [3.05, 3.63) is 34.3 Å². The zero-order chi connectivity index (χ0) is 14.4. The summed E-state index contributed by atoms with van der Waals surface area (Å²) in [6.07, 6.45) is 0. The van der Waals surface area contributed by atoms with E-state index in [1.54, 1.807) is 24.3 Å². The largest absolute Gasteiger partial charge is 0.480 e. The van der Waals surface area contributed by atoms with E-state index in [1.807, 2.05) is 0 Å². The zero-order valence-corrected chi connectivity index (χ0v) is 11.7. The highest BCUT2D eigenvalue weighted by Crippen LogP contribution is 2.15. The number of halogens is 1. The molecule has 19 heavy (non-hydrogen) atoms. The third-order valence-electron chi connectivity index (χ3n) is 2.28. The molecular formula is C12H13BrN2O4. The quantitative estimate of drug-likeness (QED) is 0.743. The average Bonchev–Trinajstić information content (AvgIpc) is 2.36. The van der Waals surface area contributed by atoms with Crippen LogP contribution in [0.1, 0.15) is 17.3 Å². The molecule has 0 saturated heterocycles. The average molecular weight is 329 g/mol. The van der Waals surface area contributed by atoms with Gasteiger partial charge in [-0.05, 0) is 35.0 Å². The Kier molecular flexibility index (Phi) is 5.50. The van der Waals surface area contributed by atoms with Gasteiger partial charge < -0.3 is 15.7 Å². The van der Waals surface area contributed by atoms with Crippen LogP contribution in [0.2, 0.25) is 0 Å². The van der Waals surface area contributed by atoms with E-state index < -0.39 is 23.8 Å². The van der Waals surface area contributed by atoms with Gasteiger partial charge >= 0.3 is 5.97 Å². The van der Waals surface area contributed by atoms with Crippen molar-refractivity contribution >= 4 is 33.7 Å². The van der Waals surface area contributed by atoms with Crippen molar-refractivity contribution in [1.29, 1.82) is 0 Å². The molecule has 0 unspecified atom stereocenters. The van der Waals surface area contributed by atoms with Crippen molar-refractivity contribution in [2.45, 2.75) is 13.0 Å². The summed E-state index contributed by atoms with van der Waals surface area (Å²) in [6.45, 7) is 1.06. The Balaban J connectivity index is 2.49. The van der Waals surface area contributed by atoms with E-state index in [9.17, 15) is 14.4 Å². The first-order valence-electron chi connectivity index (χ1n) is 5.46. The molecule has 0 heterocycles. The van der Waals surface area contributed by atoms with Crippen molar-refractivity contribution in [3.8, 4) is 0 Å². The van der Waals surface area contributed by atoms with Crippen LogP contribution in [0.4, 0.5) is 0 Å². The lowest BCUT2D eigenvalue weighted by Gasteiger charge is -2.10. The van der Waals surface area contributed by atoms with E-state index in [0.717, 1.165) is 0 Å². The van der Waals surface area contributed by atoms with Crippen LogP contribution in [0.15, 0.2) is 28.7 Å². The van der Waals surface area contributed by atoms with E-state index in [-0.39, 0.29) is 6.54 Å². The molecule has 6 nitrogen and oxygen atoms in total. The molecule has 0 aliphatic heterocycles. The number of benzene rings is 1. The van der Waals surface area contributed by atoms with Gasteiger partial charge in [0, 0.05) is 4.47 Å². The number of hydrogen-bond donors (Lipinski definition) is 3. The second kappa shape index (κ2) is 6.89. The number of carboxylic acids is 1. The van der Waals surface area contributed by atoms with E-state index in [2.05, 4.69) is 26.6 Å². The fraction of sp³-hybridized carbons (Fsp3) is 0.250. The van der Waals surface area contributed by atoms with Gasteiger partial charge in [-0.1, -0.05) is 12.1 Å². The van der Waals surface area contributed by atoms with E-state index in [1.165, 1.54) is 6.92 Å². The van der Waals surface area contributed by atoms with Gasteiger partial charge in [-0.3, -0.25) is 14.4 Å². The summed E-state index contributed by atoms with van der Waals surface area (Å²) in [5, 5.41) is 13.3. The lowest BCUT2D eigenvalue weighted by Crippen LogP contribution is -2.44. The van der Waals surface area contributed by atoms with Gasteiger partial charge in [0.25, 0.3) is 5.91 Å². The maximum atomic E-state index is 11.8. The van der Waals surface area contributed by atoms with Crippen molar-refractivity contribution in [3.63, 3.8) is 0 Å². The third kappa shape index (κ3) is 4.70. The topological polar surface area (TPSA) is 95.5 Å². The minimum absolute atomic E-state index is 0.280. The molecule has 0 aliphatic carbocycles. The molecule has 0 bridgehead atoms. The Morgan fingerprint density at radius 3 is 2.53 bits per heavy atom. The second-order valence-corrected chi connectivity index (χ2v) is 4.64. The highest BCUT2D eigenvalue weighted by atomic mass is 79.9. The highest BCUT2D eigenvalue weighted by molar-refractivity contribution is 9.10. The molecule has 1 aromatic carbocycles. The molecule has 102 valence electrons. The van der Waals surface area contributed by atoms with Gasteiger partial charge in [0.1, 0.15) is 6.04 Å². The summed E-state index contributed by atoms with van der Waals surface area (Å²) in [7, 11) is 0. The molecule has 0 radical (unpaired) electrons. The van der Waals surface area contributed by atoms with Gasteiger partial charge in [0.2, 0.25) is 5.91 Å². The van der Waals surface area contributed by atoms with Crippen LogP contribution in [0.3, 0.4) is 0 Å². The molecule has 1 rings (SSSR count). The first-order chi connectivity index (χ1) is 8.91. The molecule has 3 N–H and O–H groups in total. The maximum absolute atomic E-state index is 11.8. The molecule has 2 amide bonds. The summed E-state index contributed by atoms with van der Waals surface area (Å²) in [6, 6.07) is 5.79. The molecule has 0 aromatic heterocycles. The smallest absolute Gasteiger partial charge is 0.325 e. The number of carbonyl (C=O) groups is 3. The van der Waals surface area contributed by atoms with Crippen molar-refractivity contribution < 1.29 is 19.5 Å². The van der Waals surface area contributed by atoms with E-state index in [4.69, 9.17) is 5.11 Å². The standard InChI is InChI=1S/C12H13BrN2O4/c1-7(12(18)19)15-10(16)6-14-11(17)8-4-2-3-5-9(8)13/h2-5,7H,6H2,1H3,(H,14,17)(H,15,16)(H,18,19)/t7-/m1/s1. The van der Waals surface area contributed by atoms with Crippen LogP contribution in [0, 0.1) is 0 Å². The minimum Gasteiger partial charge on any atom is -0.480 e. The number of rotatable bonds is 5. The predicted molar refractivity (Wildman–Crippen MR) is 71.7 cm³/mol. The van der Waals surface area contributed by atoms with Crippen LogP contribution in [-0.2, 0) is 9.59 Å². The lowest BCUT2D eigenvalue weighted by molar-refractivity contribution is -0.141. The second-order valence-electron chi connectivity index (χ2n) is 3.79. The van der Waals surface area contributed by atoms with Crippen LogP contribution in [0.25, 0.3) is 0 Å². The molecule has 1 atom stereocenters. The monoisotopic (exact) mass is 328 g/mol. The number of carboxylic acid groups (broad SMARTS) is 1. The minimum atomic E-state index is -1.13. The highest BCUT2D eigenvalue weighted by Gasteiger charge is 2.15. The number of nitrogens with one attached hydrogen (secondary N) is 2. The van der Waals surface area contributed by atoms with Gasteiger partial charge in [-0.25, -0.2) is 0 Å². The normalized spacial score (nSPS) is 11.5. The Labute approximate surface area is 118 Å². The molecule has 0 aliphatic rings. The van der Waals surface area contributed by atoms with Crippen LogP contribution in [0.5, 0.6) is 0 Å². The molecule has 1 aromatic rings. The van der Waals surface area contributed by atoms with Gasteiger partial charge in [-0.2, -0.15) is 0 Å². The van der Waals surface area contributed by atoms with Crippen molar-refractivity contribution in [2.24, 2.45) is 0 Å². The molecule has 7 heteroatoms. The number of carbonyl (C=O) groups excluding carboxylic acids is 2. The Morgan fingerprint density at radius 2 is 1.95 bits per heavy atom. The molecule has 0 fully saturated rings. The van der Waals surface area contributed by atoms with E-state index in [0.29, 0.717) is 10.0 Å². The number of aliphatic carboxylic acids is 1. The summed E-state index contributed by atoms with van der Waals surface area (Å²) in [5.41, 5.74) is 0.404. The fourth-order valence-corrected chi connectivity index (χ4v) is 1.72. The van der Waals surface area contributed by atoms with Gasteiger partial charge in [-0.15, -0.1) is 0 Å². The third-order valence-corrected chi connectivity index (χ3v) is 2.97. The van der Waals surface area contributed by atoms with Crippen LogP contribution >= 0.6 is 15.9 Å². The number of amides is 2. The maximum Gasteiger partial charge on any atom is 0.325 e. The zero-order valence-electron chi connectivity index (χ0n) is 10.1. The van der Waals surface area contributed by atoms with Crippen LogP contribution < -0.4 is 10.6 Å².